The molecule has 0 spiro atoms. The van der Waals surface area contributed by atoms with Gasteiger partial charge in [-0.3, -0.25) is 18.7 Å². The van der Waals surface area contributed by atoms with Crippen LogP contribution in [-0.4, -0.2) is 55.3 Å². The summed E-state index contributed by atoms with van der Waals surface area (Å²) in [5, 5.41) is 1.66. The number of aromatic nitrogens is 4. The summed E-state index contributed by atoms with van der Waals surface area (Å²) in [4.78, 5) is 55.1. The summed E-state index contributed by atoms with van der Waals surface area (Å²) in [6.45, 7) is 8.46. The molecule has 0 radical (unpaired) electrons. The van der Waals surface area contributed by atoms with Crippen molar-refractivity contribution in [2.24, 2.45) is 0 Å². The van der Waals surface area contributed by atoms with Crippen molar-refractivity contribution in [1.82, 2.24) is 19.1 Å². The van der Waals surface area contributed by atoms with Crippen molar-refractivity contribution in [2.45, 2.75) is 55.8 Å². The molecule has 4 heterocycles. The standard InChI is InChI=1S/2C10H12N2O3S/c1-3-15-9(14)7-4-11-10-12(8(7)13)6(2)5-16-10;1-3-15-9(14)7-4-11-10-12(8(7)13)5-6(2)16-10/h2*4,6H,3,5H2,1-2H3. The zero-order valence-corrected chi connectivity index (χ0v) is 19.8. The lowest BCUT2D eigenvalue weighted by atomic mass is 10.3. The van der Waals surface area contributed by atoms with E-state index in [0.29, 0.717) is 22.1 Å². The number of hydrogen-bond acceptors (Lipinski definition) is 10. The number of nitrogens with zero attached hydrogens (tertiary/aromatic N) is 4. The van der Waals surface area contributed by atoms with Crippen LogP contribution in [0.15, 0.2) is 32.3 Å². The van der Waals surface area contributed by atoms with Gasteiger partial charge in [0, 0.05) is 23.6 Å². The van der Waals surface area contributed by atoms with Crippen molar-refractivity contribution in [3.05, 3.63) is 44.2 Å². The van der Waals surface area contributed by atoms with Crippen LogP contribution in [0, 0.1) is 0 Å². The quantitative estimate of drug-likeness (QED) is 0.474. The molecule has 0 saturated carbocycles. The van der Waals surface area contributed by atoms with E-state index in [1.54, 1.807) is 18.4 Å². The van der Waals surface area contributed by atoms with Gasteiger partial charge in [-0.25, -0.2) is 19.6 Å². The zero-order valence-electron chi connectivity index (χ0n) is 18.2. The molecule has 0 saturated heterocycles. The van der Waals surface area contributed by atoms with Crippen LogP contribution >= 0.6 is 23.5 Å². The van der Waals surface area contributed by atoms with Crippen LogP contribution in [0.2, 0.25) is 0 Å². The molecule has 0 amide bonds. The third-order valence-electron chi connectivity index (χ3n) is 4.60. The first-order valence-electron chi connectivity index (χ1n) is 10.1. The highest BCUT2D eigenvalue weighted by atomic mass is 32.2. The largest absolute Gasteiger partial charge is 0.462 e. The first-order valence-corrected chi connectivity index (χ1v) is 12.0. The molecule has 2 unspecified atom stereocenters. The fourth-order valence-corrected chi connectivity index (χ4v) is 5.17. The van der Waals surface area contributed by atoms with Gasteiger partial charge in [-0.05, 0) is 20.8 Å². The molecule has 2 aliphatic rings. The van der Waals surface area contributed by atoms with E-state index in [-0.39, 0.29) is 41.5 Å². The van der Waals surface area contributed by atoms with Gasteiger partial charge in [-0.1, -0.05) is 30.4 Å². The van der Waals surface area contributed by atoms with Crippen molar-refractivity contribution >= 4 is 35.5 Å². The molecule has 32 heavy (non-hydrogen) atoms. The van der Waals surface area contributed by atoms with Crippen LogP contribution in [0.25, 0.3) is 0 Å². The van der Waals surface area contributed by atoms with Crippen molar-refractivity contribution in [1.29, 1.82) is 0 Å². The number of rotatable bonds is 4. The molecule has 0 fully saturated rings. The number of hydrogen-bond donors (Lipinski definition) is 0. The van der Waals surface area contributed by atoms with Crippen LogP contribution in [-0.2, 0) is 16.0 Å². The van der Waals surface area contributed by atoms with E-state index in [2.05, 4.69) is 9.97 Å². The number of carbonyl (C=O) groups is 2. The molecule has 2 atom stereocenters. The second-order valence-corrected chi connectivity index (χ2v) is 9.42. The molecule has 0 N–H and O–H groups in total. The molecule has 2 aromatic rings. The normalized spacial score (nSPS) is 18.2. The number of esters is 2. The second-order valence-electron chi connectivity index (χ2n) is 7.03. The Morgan fingerprint density at radius 1 is 1.00 bits per heavy atom. The molecule has 4 rings (SSSR count). The van der Waals surface area contributed by atoms with E-state index >= 15 is 0 Å². The molecule has 0 aromatic carbocycles. The number of ether oxygens (including phenoxy) is 2. The Morgan fingerprint density at radius 3 is 2.16 bits per heavy atom. The highest BCUT2D eigenvalue weighted by Gasteiger charge is 2.26. The fraction of sp³-hybridized carbons (Fsp3) is 0.500. The first-order chi connectivity index (χ1) is 15.3. The monoisotopic (exact) mass is 480 g/mol. The van der Waals surface area contributed by atoms with E-state index in [0.717, 1.165) is 5.75 Å². The SMILES string of the molecule is CCOC(=O)c1cnc2n(c1=O)C(C)CS2.CCOC(=O)c1cnc2n(c1=O)CC(C)S2. The minimum absolute atomic E-state index is 0.0138. The van der Waals surface area contributed by atoms with Gasteiger partial charge in [0.05, 0.1) is 25.6 Å². The fourth-order valence-electron chi connectivity index (χ4n) is 3.12. The maximum Gasteiger partial charge on any atom is 0.345 e. The van der Waals surface area contributed by atoms with Crippen molar-refractivity contribution in [3.8, 4) is 0 Å². The maximum atomic E-state index is 12.0. The molecule has 2 aromatic heterocycles. The van der Waals surface area contributed by atoms with Gasteiger partial charge in [0.25, 0.3) is 11.1 Å². The van der Waals surface area contributed by atoms with Crippen LogP contribution in [0.1, 0.15) is 54.5 Å². The van der Waals surface area contributed by atoms with E-state index in [4.69, 9.17) is 9.47 Å². The Balaban J connectivity index is 0.000000181. The van der Waals surface area contributed by atoms with Crippen LogP contribution in [0.4, 0.5) is 0 Å². The highest BCUT2D eigenvalue weighted by molar-refractivity contribution is 8.00. The average molecular weight is 481 g/mol. The summed E-state index contributed by atoms with van der Waals surface area (Å²) in [5.74, 6) is -0.381. The van der Waals surface area contributed by atoms with Crippen LogP contribution in [0.3, 0.4) is 0 Å². The topological polar surface area (TPSA) is 122 Å². The molecule has 0 aliphatic carbocycles. The predicted molar refractivity (Wildman–Crippen MR) is 120 cm³/mol. The summed E-state index contributed by atoms with van der Waals surface area (Å²) in [7, 11) is 0. The Morgan fingerprint density at radius 2 is 1.56 bits per heavy atom. The summed E-state index contributed by atoms with van der Waals surface area (Å²) < 4.78 is 12.7. The van der Waals surface area contributed by atoms with Crippen molar-refractivity contribution in [3.63, 3.8) is 0 Å². The lowest BCUT2D eigenvalue weighted by Gasteiger charge is -2.08. The number of thioether (sulfide) groups is 2. The second kappa shape index (κ2) is 10.3. The van der Waals surface area contributed by atoms with Crippen LogP contribution < -0.4 is 11.1 Å². The number of fused-ring (bicyclic) bond motifs is 2. The summed E-state index contributed by atoms with van der Waals surface area (Å²) in [6.07, 6.45) is 2.61. The lowest BCUT2D eigenvalue weighted by molar-refractivity contribution is 0.0512. The third kappa shape index (κ3) is 4.90. The maximum absolute atomic E-state index is 12.0. The lowest BCUT2D eigenvalue weighted by Crippen LogP contribution is -2.29. The van der Waals surface area contributed by atoms with E-state index in [1.807, 2.05) is 13.8 Å². The molecular formula is C20H24N4O6S2. The van der Waals surface area contributed by atoms with Crippen molar-refractivity contribution in [2.75, 3.05) is 19.0 Å². The Bertz CT molecular complexity index is 1150. The van der Waals surface area contributed by atoms with Gasteiger partial charge < -0.3 is 9.47 Å². The Labute approximate surface area is 192 Å². The minimum Gasteiger partial charge on any atom is -0.462 e. The molecule has 172 valence electrons. The molecule has 0 bridgehead atoms. The van der Waals surface area contributed by atoms with Gasteiger partial charge in [0.15, 0.2) is 10.3 Å². The summed E-state index contributed by atoms with van der Waals surface area (Å²) >= 11 is 3.06. The number of carbonyl (C=O) groups excluding carboxylic acids is 2. The highest BCUT2D eigenvalue weighted by Crippen LogP contribution is 2.29. The molecule has 2 aliphatic heterocycles. The van der Waals surface area contributed by atoms with E-state index in [1.165, 1.54) is 40.5 Å². The van der Waals surface area contributed by atoms with Gasteiger partial charge in [-0.15, -0.1) is 0 Å². The zero-order chi connectivity index (χ0) is 23.4. The third-order valence-corrected chi connectivity index (χ3v) is 6.90. The van der Waals surface area contributed by atoms with Gasteiger partial charge in [0.1, 0.15) is 11.1 Å². The first kappa shape index (κ1) is 24.1. The Kier molecular flexibility index (Phi) is 7.77. The summed E-state index contributed by atoms with van der Waals surface area (Å²) in [6, 6.07) is 0.0781. The van der Waals surface area contributed by atoms with Crippen LogP contribution in [0.5, 0.6) is 0 Å². The molecule has 10 nitrogen and oxygen atoms in total. The smallest absolute Gasteiger partial charge is 0.345 e. The van der Waals surface area contributed by atoms with Gasteiger partial charge in [0.2, 0.25) is 0 Å². The van der Waals surface area contributed by atoms with E-state index < -0.39 is 11.9 Å². The Hall–Kier alpha value is -2.60. The molecular weight excluding hydrogens is 456 g/mol. The average Bonchev–Trinajstić information content (AvgIpc) is 3.32. The minimum atomic E-state index is -0.598. The van der Waals surface area contributed by atoms with Gasteiger partial charge in [-0.2, -0.15) is 0 Å². The van der Waals surface area contributed by atoms with E-state index in [9.17, 15) is 19.2 Å². The van der Waals surface area contributed by atoms with Gasteiger partial charge >= 0.3 is 11.9 Å². The summed E-state index contributed by atoms with van der Waals surface area (Å²) in [5.41, 5.74) is -0.582. The van der Waals surface area contributed by atoms with Crippen molar-refractivity contribution < 1.29 is 19.1 Å². The molecule has 12 heteroatoms. The predicted octanol–water partition coefficient (Wildman–Crippen LogP) is 2.00.